The van der Waals surface area contributed by atoms with Gasteiger partial charge in [0.1, 0.15) is 0 Å². The fraction of sp³-hybridized carbons (Fsp3) is 0.500. The first-order valence-corrected chi connectivity index (χ1v) is 7.21. The van der Waals surface area contributed by atoms with E-state index in [2.05, 4.69) is 54.5 Å². The highest BCUT2D eigenvalue weighted by molar-refractivity contribution is 5.83. The summed E-state index contributed by atoms with van der Waals surface area (Å²) in [4.78, 5) is 0. The molecule has 0 aliphatic heterocycles. The lowest BCUT2D eigenvalue weighted by molar-refractivity contribution is 0.443. The summed E-state index contributed by atoms with van der Waals surface area (Å²) in [6, 6.07) is 8.79. The first-order valence-electron chi connectivity index (χ1n) is 7.21. The van der Waals surface area contributed by atoms with Gasteiger partial charge in [-0.15, -0.1) is 0 Å². The largest absolute Gasteiger partial charge is 0.314 e. The van der Waals surface area contributed by atoms with Gasteiger partial charge in [0, 0.05) is 22.7 Å². The molecule has 2 unspecified atom stereocenters. The third-order valence-electron chi connectivity index (χ3n) is 3.71. The van der Waals surface area contributed by atoms with E-state index in [9.17, 15) is 0 Å². The van der Waals surface area contributed by atoms with Crippen LogP contribution in [0.1, 0.15) is 45.2 Å². The third kappa shape index (κ3) is 3.10. The van der Waals surface area contributed by atoms with Gasteiger partial charge in [0.25, 0.3) is 0 Å². The van der Waals surface area contributed by atoms with E-state index >= 15 is 0 Å². The summed E-state index contributed by atoms with van der Waals surface area (Å²) in [7, 11) is 0. The molecular formula is C16H23N3. The molecule has 0 bridgehead atoms. The minimum Gasteiger partial charge on any atom is -0.314 e. The van der Waals surface area contributed by atoms with Gasteiger partial charge in [-0.25, -0.2) is 0 Å². The molecule has 3 heteroatoms. The summed E-state index contributed by atoms with van der Waals surface area (Å²) >= 11 is 0. The molecule has 3 nitrogen and oxygen atoms in total. The van der Waals surface area contributed by atoms with Crippen LogP contribution in [0.3, 0.4) is 0 Å². The first kappa shape index (κ1) is 13.9. The zero-order valence-corrected chi connectivity index (χ0v) is 12.1. The lowest BCUT2D eigenvalue weighted by Crippen LogP contribution is -2.33. The fourth-order valence-corrected chi connectivity index (χ4v) is 2.62. The van der Waals surface area contributed by atoms with Crippen LogP contribution in [-0.4, -0.2) is 22.8 Å². The quantitative estimate of drug-likeness (QED) is 0.860. The Morgan fingerprint density at radius 1 is 1.21 bits per heavy atom. The smallest absolute Gasteiger partial charge is 0.0755 e. The number of aromatic nitrogens is 2. The number of hydrogen-bond acceptors (Lipinski definition) is 3. The Labute approximate surface area is 115 Å². The fourth-order valence-electron chi connectivity index (χ4n) is 2.62. The van der Waals surface area contributed by atoms with Gasteiger partial charge in [0.15, 0.2) is 0 Å². The molecule has 0 aliphatic rings. The highest BCUT2D eigenvalue weighted by Gasteiger charge is 2.20. The van der Waals surface area contributed by atoms with E-state index in [4.69, 9.17) is 0 Å². The molecule has 0 radical (unpaired) electrons. The van der Waals surface area contributed by atoms with Crippen LogP contribution in [-0.2, 0) is 0 Å². The molecule has 0 spiro atoms. The van der Waals surface area contributed by atoms with Crippen molar-refractivity contribution in [3.63, 3.8) is 0 Å². The van der Waals surface area contributed by atoms with Crippen LogP contribution in [0.2, 0.25) is 0 Å². The third-order valence-corrected chi connectivity index (χ3v) is 3.71. The SMILES string of the molecule is CCCNC(C)C(CC)c1nncc2ccccc12. The first-order chi connectivity index (χ1) is 9.27. The van der Waals surface area contributed by atoms with E-state index in [0.717, 1.165) is 25.1 Å². The summed E-state index contributed by atoms with van der Waals surface area (Å²) in [5, 5.41) is 14.6. The molecule has 0 saturated heterocycles. The molecule has 1 N–H and O–H groups in total. The summed E-state index contributed by atoms with van der Waals surface area (Å²) in [6.07, 6.45) is 4.07. The lowest BCUT2D eigenvalue weighted by atomic mass is 9.91. The zero-order valence-electron chi connectivity index (χ0n) is 12.1. The van der Waals surface area contributed by atoms with Crippen LogP contribution in [0.15, 0.2) is 30.5 Å². The van der Waals surface area contributed by atoms with E-state index in [1.165, 1.54) is 10.8 Å². The summed E-state index contributed by atoms with van der Waals surface area (Å²) in [5.41, 5.74) is 1.12. The van der Waals surface area contributed by atoms with E-state index < -0.39 is 0 Å². The molecule has 0 fully saturated rings. The Morgan fingerprint density at radius 3 is 2.74 bits per heavy atom. The van der Waals surface area contributed by atoms with Crippen molar-refractivity contribution >= 4 is 10.8 Å². The number of nitrogens with one attached hydrogen (secondary N) is 1. The minimum atomic E-state index is 0.408. The molecule has 19 heavy (non-hydrogen) atoms. The van der Waals surface area contributed by atoms with Gasteiger partial charge in [-0.2, -0.15) is 10.2 Å². The molecule has 2 aromatic rings. The summed E-state index contributed by atoms with van der Waals surface area (Å²) < 4.78 is 0. The summed E-state index contributed by atoms with van der Waals surface area (Å²) in [6.45, 7) is 7.71. The van der Waals surface area contributed by atoms with Crippen LogP contribution in [0.25, 0.3) is 10.8 Å². The Kier molecular flexibility index (Phi) is 4.86. The van der Waals surface area contributed by atoms with Crippen molar-refractivity contribution in [2.75, 3.05) is 6.54 Å². The Morgan fingerprint density at radius 2 is 2.00 bits per heavy atom. The van der Waals surface area contributed by atoms with Crippen molar-refractivity contribution in [1.29, 1.82) is 0 Å². The van der Waals surface area contributed by atoms with Crippen LogP contribution >= 0.6 is 0 Å². The van der Waals surface area contributed by atoms with Crippen molar-refractivity contribution in [2.45, 2.75) is 45.6 Å². The average Bonchev–Trinajstić information content (AvgIpc) is 2.46. The van der Waals surface area contributed by atoms with Gasteiger partial charge in [0.2, 0.25) is 0 Å². The highest BCUT2D eigenvalue weighted by Crippen LogP contribution is 2.27. The van der Waals surface area contributed by atoms with Gasteiger partial charge < -0.3 is 5.32 Å². The van der Waals surface area contributed by atoms with Gasteiger partial charge in [-0.05, 0) is 26.3 Å². The summed E-state index contributed by atoms with van der Waals surface area (Å²) in [5.74, 6) is 0.408. The molecule has 2 atom stereocenters. The van der Waals surface area contributed by atoms with Crippen molar-refractivity contribution in [2.24, 2.45) is 0 Å². The predicted octanol–water partition coefficient (Wildman–Crippen LogP) is 3.51. The van der Waals surface area contributed by atoms with Crippen molar-refractivity contribution in [1.82, 2.24) is 15.5 Å². The maximum Gasteiger partial charge on any atom is 0.0755 e. The van der Waals surface area contributed by atoms with E-state index in [1.54, 1.807) is 0 Å². The number of fused-ring (bicyclic) bond motifs is 1. The monoisotopic (exact) mass is 257 g/mol. The van der Waals surface area contributed by atoms with Gasteiger partial charge >= 0.3 is 0 Å². The molecule has 0 saturated carbocycles. The molecule has 1 heterocycles. The number of hydrogen-bond donors (Lipinski definition) is 1. The lowest BCUT2D eigenvalue weighted by Gasteiger charge is -2.24. The topological polar surface area (TPSA) is 37.8 Å². The van der Waals surface area contributed by atoms with Crippen LogP contribution in [0.5, 0.6) is 0 Å². The maximum absolute atomic E-state index is 4.42. The predicted molar refractivity (Wildman–Crippen MR) is 80.3 cm³/mol. The maximum atomic E-state index is 4.42. The molecular weight excluding hydrogens is 234 g/mol. The van der Waals surface area contributed by atoms with Crippen molar-refractivity contribution in [3.05, 3.63) is 36.2 Å². The average molecular weight is 257 g/mol. The second-order valence-corrected chi connectivity index (χ2v) is 5.07. The van der Waals surface area contributed by atoms with Gasteiger partial charge in [-0.1, -0.05) is 38.1 Å². The molecule has 0 aliphatic carbocycles. The van der Waals surface area contributed by atoms with Crippen molar-refractivity contribution in [3.8, 4) is 0 Å². The highest BCUT2D eigenvalue weighted by atomic mass is 15.1. The van der Waals surface area contributed by atoms with E-state index in [1.807, 2.05) is 12.3 Å². The second-order valence-electron chi connectivity index (χ2n) is 5.07. The van der Waals surface area contributed by atoms with Crippen molar-refractivity contribution < 1.29 is 0 Å². The van der Waals surface area contributed by atoms with E-state index in [0.29, 0.717) is 12.0 Å². The minimum absolute atomic E-state index is 0.408. The van der Waals surface area contributed by atoms with Crippen LogP contribution in [0, 0.1) is 0 Å². The molecule has 1 aromatic carbocycles. The molecule has 1 aromatic heterocycles. The second kappa shape index (κ2) is 6.62. The Balaban J connectivity index is 2.35. The van der Waals surface area contributed by atoms with Crippen LogP contribution in [0.4, 0.5) is 0 Å². The Bertz CT molecular complexity index is 519. The standard InChI is InChI=1S/C16H23N3/c1-4-10-17-12(3)14(5-2)16-15-9-7-6-8-13(15)11-18-19-16/h6-9,11-12,14,17H,4-5,10H2,1-3H3. The molecule has 2 rings (SSSR count). The molecule has 102 valence electrons. The number of benzene rings is 1. The number of rotatable bonds is 6. The van der Waals surface area contributed by atoms with Gasteiger partial charge in [-0.3, -0.25) is 0 Å². The van der Waals surface area contributed by atoms with Crippen LogP contribution < -0.4 is 5.32 Å². The van der Waals surface area contributed by atoms with Gasteiger partial charge in [0.05, 0.1) is 11.9 Å². The van der Waals surface area contributed by atoms with E-state index in [-0.39, 0.29) is 0 Å². The normalized spacial score (nSPS) is 14.5. The molecule has 0 amide bonds. The number of nitrogens with zero attached hydrogens (tertiary/aromatic N) is 2. The Hall–Kier alpha value is -1.48. The zero-order chi connectivity index (χ0) is 13.7.